The first kappa shape index (κ1) is 13.9. The number of phenolic OH excluding ortho intramolecular Hbond substituents is 1. The lowest BCUT2D eigenvalue weighted by atomic mass is 10.1. The summed E-state index contributed by atoms with van der Waals surface area (Å²) in [7, 11) is 1.28. The summed E-state index contributed by atoms with van der Waals surface area (Å²) in [4.78, 5) is 22.4. The first-order valence-corrected chi connectivity index (χ1v) is 4.96. The van der Waals surface area contributed by atoms with Crippen molar-refractivity contribution in [2.75, 3.05) is 13.7 Å². The molecule has 98 valence electrons. The summed E-state index contributed by atoms with van der Waals surface area (Å²) < 4.78 is 18.0. The van der Waals surface area contributed by atoms with Crippen molar-refractivity contribution in [2.45, 2.75) is 6.04 Å². The van der Waals surface area contributed by atoms with Crippen molar-refractivity contribution in [3.8, 4) is 5.75 Å². The molecule has 0 aliphatic carbocycles. The number of carbonyl (C=O) groups excluding carboxylic acids is 1. The zero-order valence-electron chi connectivity index (χ0n) is 9.51. The number of amides is 1. The smallest absolute Gasteiger partial charge is 0.328 e. The van der Waals surface area contributed by atoms with Crippen molar-refractivity contribution < 1.29 is 28.9 Å². The molecule has 1 aromatic carbocycles. The first-order chi connectivity index (χ1) is 8.45. The number of halogens is 1. The zero-order chi connectivity index (χ0) is 13.7. The predicted molar refractivity (Wildman–Crippen MR) is 58.8 cm³/mol. The normalized spacial score (nSPS) is 11.9. The monoisotopic (exact) mass is 257 g/mol. The van der Waals surface area contributed by atoms with Gasteiger partial charge in [-0.05, 0) is 12.1 Å². The number of carbonyl (C=O) groups is 2. The van der Waals surface area contributed by atoms with E-state index in [9.17, 15) is 14.0 Å². The first-order valence-electron chi connectivity index (χ1n) is 4.96. The van der Waals surface area contributed by atoms with Gasteiger partial charge in [-0.2, -0.15) is 0 Å². The number of aromatic hydroxyl groups is 1. The second-order valence-electron chi connectivity index (χ2n) is 3.48. The Morgan fingerprint density at radius 3 is 2.67 bits per heavy atom. The highest BCUT2D eigenvalue weighted by atomic mass is 19.1. The number of hydrogen-bond acceptors (Lipinski definition) is 4. The lowest BCUT2D eigenvalue weighted by molar-refractivity contribution is -0.140. The van der Waals surface area contributed by atoms with Crippen LogP contribution in [0.5, 0.6) is 5.75 Å². The molecule has 0 aromatic heterocycles. The Kier molecular flexibility index (Phi) is 4.61. The lowest BCUT2D eigenvalue weighted by Gasteiger charge is -2.13. The topological polar surface area (TPSA) is 95.9 Å². The van der Waals surface area contributed by atoms with Gasteiger partial charge >= 0.3 is 5.97 Å². The zero-order valence-corrected chi connectivity index (χ0v) is 9.51. The van der Waals surface area contributed by atoms with Gasteiger partial charge in [-0.15, -0.1) is 0 Å². The van der Waals surface area contributed by atoms with E-state index in [2.05, 4.69) is 10.1 Å². The molecule has 0 fully saturated rings. The summed E-state index contributed by atoms with van der Waals surface area (Å²) in [5.41, 5.74) is -0.352. The van der Waals surface area contributed by atoms with Gasteiger partial charge in [0.2, 0.25) is 0 Å². The van der Waals surface area contributed by atoms with Gasteiger partial charge in [0.25, 0.3) is 5.91 Å². The summed E-state index contributed by atoms with van der Waals surface area (Å²) in [6, 6.07) is 1.69. The van der Waals surface area contributed by atoms with Crippen LogP contribution in [-0.2, 0) is 9.53 Å². The molecule has 0 spiro atoms. The summed E-state index contributed by atoms with van der Waals surface area (Å²) >= 11 is 0. The van der Waals surface area contributed by atoms with E-state index in [0.29, 0.717) is 0 Å². The Hall–Kier alpha value is -2.15. The van der Waals surface area contributed by atoms with Crippen LogP contribution in [0.4, 0.5) is 4.39 Å². The molecular formula is C11H12FNO5. The molecule has 1 rings (SSSR count). The molecule has 1 aromatic rings. The number of carboxylic acid groups (broad SMARTS) is 1. The fourth-order valence-electron chi connectivity index (χ4n) is 1.27. The van der Waals surface area contributed by atoms with E-state index in [0.717, 1.165) is 18.2 Å². The van der Waals surface area contributed by atoms with Crippen LogP contribution in [0.3, 0.4) is 0 Å². The third-order valence-electron chi connectivity index (χ3n) is 2.13. The van der Waals surface area contributed by atoms with Gasteiger partial charge in [-0.25, -0.2) is 9.18 Å². The number of ether oxygens (including phenoxy) is 1. The van der Waals surface area contributed by atoms with Crippen molar-refractivity contribution >= 4 is 11.9 Å². The fourth-order valence-corrected chi connectivity index (χ4v) is 1.27. The van der Waals surface area contributed by atoms with Crippen molar-refractivity contribution in [1.82, 2.24) is 5.32 Å². The maximum Gasteiger partial charge on any atom is 0.328 e. The number of hydrogen-bond donors (Lipinski definition) is 3. The molecule has 1 atom stereocenters. The van der Waals surface area contributed by atoms with Gasteiger partial charge in [0.1, 0.15) is 11.6 Å². The second kappa shape index (κ2) is 5.97. The lowest BCUT2D eigenvalue weighted by Crippen LogP contribution is -2.44. The molecule has 0 saturated heterocycles. The highest BCUT2D eigenvalue weighted by molar-refractivity contribution is 5.96. The minimum atomic E-state index is -1.29. The molecule has 0 aliphatic heterocycles. The number of carboxylic acids is 1. The molecule has 7 heteroatoms. The number of nitrogens with one attached hydrogen (secondary N) is 1. The third-order valence-corrected chi connectivity index (χ3v) is 2.13. The van der Waals surface area contributed by atoms with Gasteiger partial charge in [-0.3, -0.25) is 4.79 Å². The Morgan fingerprint density at radius 2 is 2.17 bits per heavy atom. The van der Waals surface area contributed by atoms with Crippen LogP contribution >= 0.6 is 0 Å². The largest absolute Gasteiger partial charge is 0.508 e. The molecule has 18 heavy (non-hydrogen) atoms. The van der Waals surface area contributed by atoms with Crippen LogP contribution in [0.2, 0.25) is 0 Å². The SMILES string of the molecule is COCC(NC(=O)c1ccc(O)cc1F)C(=O)O. The molecule has 1 amide bonds. The number of phenols is 1. The van der Waals surface area contributed by atoms with Crippen LogP contribution in [0, 0.1) is 5.82 Å². The van der Waals surface area contributed by atoms with E-state index in [4.69, 9.17) is 10.2 Å². The van der Waals surface area contributed by atoms with E-state index in [1.54, 1.807) is 0 Å². The van der Waals surface area contributed by atoms with Gasteiger partial charge in [-0.1, -0.05) is 0 Å². The second-order valence-corrected chi connectivity index (χ2v) is 3.48. The Balaban J connectivity index is 2.83. The summed E-state index contributed by atoms with van der Waals surface area (Å²) in [5, 5.41) is 19.9. The minimum absolute atomic E-state index is 0.235. The van der Waals surface area contributed by atoms with Crippen LogP contribution in [0.25, 0.3) is 0 Å². The van der Waals surface area contributed by atoms with Gasteiger partial charge < -0.3 is 20.3 Å². The van der Waals surface area contributed by atoms with Gasteiger partial charge in [0.15, 0.2) is 6.04 Å². The van der Waals surface area contributed by atoms with E-state index in [1.807, 2.05) is 0 Å². The Labute approximate surface area is 102 Å². The van der Waals surface area contributed by atoms with Gasteiger partial charge in [0, 0.05) is 13.2 Å². The van der Waals surface area contributed by atoms with Crippen molar-refractivity contribution in [3.63, 3.8) is 0 Å². The molecule has 0 radical (unpaired) electrons. The van der Waals surface area contributed by atoms with Crippen molar-refractivity contribution in [3.05, 3.63) is 29.6 Å². The number of methoxy groups -OCH3 is 1. The number of aliphatic carboxylic acids is 1. The number of rotatable bonds is 5. The van der Waals surface area contributed by atoms with Crippen LogP contribution in [0.1, 0.15) is 10.4 Å². The average molecular weight is 257 g/mol. The van der Waals surface area contributed by atoms with E-state index in [1.165, 1.54) is 7.11 Å². The highest BCUT2D eigenvalue weighted by Gasteiger charge is 2.22. The van der Waals surface area contributed by atoms with E-state index < -0.39 is 23.7 Å². The Morgan fingerprint density at radius 1 is 1.50 bits per heavy atom. The maximum absolute atomic E-state index is 13.3. The highest BCUT2D eigenvalue weighted by Crippen LogP contribution is 2.14. The Bertz CT molecular complexity index is 463. The summed E-state index contributed by atoms with van der Waals surface area (Å²) in [6.45, 7) is -0.235. The molecule has 0 aliphatic rings. The number of benzene rings is 1. The average Bonchev–Trinajstić information content (AvgIpc) is 2.27. The molecule has 0 saturated carbocycles. The minimum Gasteiger partial charge on any atom is -0.508 e. The van der Waals surface area contributed by atoms with Crippen LogP contribution < -0.4 is 5.32 Å². The molecule has 6 nitrogen and oxygen atoms in total. The molecule has 0 bridgehead atoms. The third kappa shape index (κ3) is 3.42. The molecule has 3 N–H and O–H groups in total. The van der Waals surface area contributed by atoms with Gasteiger partial charge in [0.05, 0.1) is 12.2 Å². The quantitative estimate of drug-likeness (QED) is 0.707. The van der Waals surface area contributed by atoms with Crippen LogP contribution in [-0.4, -0.2) is 41.8 Å². The maximum atomic E-state index is 13.3. The van der Waals surface area contributed by atoms with E-state index >= 15 is 0 Å². The van der Waals surface area contributed by atoms with E-state index in [-0.39, 0.29) is 17.9 Å². The molecular weight excluding hydrogens is 245 g/mol. The molecule has 0 heterocycles. The summed E-state index contributed by atoms with van der Waals surface area (Å²) in [5.74, 6) is -3.44. The van der Waals surface area contributed by atoms with Crippen molar-refractivity contribution in [1.29, 1.82) is 0 Å². The fraction of sp³-hybridized carbons (Fsp3) is 0.273. The van der Waals surface area contributed by atoms with Crippen LogP contribution in [0.15, 0.2) is 18.2 Å². The standard InChI is InChI=1S/C11H12FNO5/c1-18-5-9(11(16)17)13-10(15)7-3-2-6(14)4-8(7)12/h2-4,9,14H,5H2,1H3,(H,13,15)(H,16,17). The van der Waals surface area contributed by atoms with Crippen molar-refractivity contribution in [2.24, 2.45) is 0 Å². The predicted octanol–water partition coefficient (Wildman–Crippen LogP) is 0.361. The molecule has 1 unspecified atom stereocenters. The summed E-state index contributed by atoms with van der Waals surface area (Å²) in [6.07, 6.45) is 0.